The van der Waals surface area contributed by atoms with Crippen LogP contribution in [0.5, 0.6) is 0 Å². The van der Waals surface area contributed by atoms with E-state index in [9.17, 15) is 14.7 Å². The number of aromatic carboxylic acids is 1. The van der Waals surface area contributed by atoms with Gasteiger partial charge in [-0.05, 0) is 119 Å². The minimum absolute atomic E-state index is 0.00770. The number of carboxylic acid groups (broad SMARTS) is 1. The van der Waals surface area contributed by atoms with Gasteiger partial charge in [-0.15, -0.1) is 0 Å². The number of anilines is 2. The van der Waals surface area contributed by atoms with E-state index in [4.69, 9.17) is 9.97 Å². The molecule has 4 aromatic heterocycles. The molecule has 1 amide bonds. The highest BCUT2D eigenvalue weighted by Gasteiger charge is 2.20. The second-order valence-corrected chi connectivity index (χ2v) is 18.4. The predicted octanol–water partition coefficient (Wildman–Crippen LogP) is 11.8. The van der Waals surface area contributed by atoms with Gasteiger partial charge in [0.15, 0.2) is 11.3 Å². The predicted molar refractivity (Wildman–Crippen MR) is 280 cm³/mol. The van der Waals surface area contributed by atoms with Crippen molar-refractivity contribution in [3.8, 4) is 44.5 Å². The highest BCUT2D eigenvalue weighted by molar-refractivity contribution is 6.12. The first-order valence-electron chi connectivity index (χ1n) is 24.2. The Balaban J connectivity index is 0.000000153. The van der Waals surface area contributed by atoms with E-state index in [2.05, 4.69) is 74.6 Å². The molecule has 0 unspecified atom stereocenters. The van der Waals surface area contributed by atoms with Crippen LogP contribution >= 0.6 is 0 Å². The molecule has 10 aromatic rings. The Labute approximate surface area is 406 Å². The van der Waals surface area contributed by atoms with E-state index < -0.39 is 5.97 Å². The molecule has 6 aromatic carbocycles. The molecule has 70 heavy (non-hydrogen) atoms. The number of piperidine rings is 2. The number of benzene rings is 6. The van der Waals surface area contributed by atoms with E-state index in [-0.39, 0.29) is 5.91 Å². The quantitative estimate of drug-likeness (QED) is 0.159. The molecule has 2 aliphatic heterocycles. The van der Waals surface area contributed by atoms with Crippen molar-refractivity contribution in [1.29, 1.82) is 0 Å². The maximum Gasteiger partial charge on any atom is 0.336 e. The van der Waals surface area contributed by atoms with Crippen molar-refractivity contribution in [2.24, 2.45) is 0 Å². The summed E-state index contributed by atoms with van der Waals surface area (Å²) in [5, 5.41) is 22.3. The largest absolute Gasteiger partial charge is 0.478 e. The van der Waals surface area contributed by atoms with Gasteiger partial charge in [0.05, 0.1) is 18.0 Å². The molecule has 2 aliphatic rings. The fourth-order valence-corrected chi connectivity index (χ4v) is 10.1. The number of hydrogen-bond donors (Lipinski definition) is 1. The first-order valence-corrected chi connectivity index (χ1v) is 24.2. The molecular formula is C58H53N9O3. The van der Waals surface area contributed by atoms with Crippen LogP contribution in [-0.2, 0) is 0 Å². The Morgan fingerprint density at radius 2 is 0.871 bits per heavy atom. The first-order chi connectivity index (χ1) is 34.3. The van der Waals surface area contributed by atoms with Gasteiger partial charge in [-0.1, -0.05) is 84.9 Å². The Hall–Kier alpha value is -8.38. The van der Waals surface area contributed by atoms with Gasteiger partial charge < -0.3 is 19.8 Å². The van der Waals surface area contributed by atoms with Crippen molar-refractivity contribution >= 4 is 56.1 Å². The van der Waals surface area contributed by atoms with Crippen LogP contribution in [0.3, 0.4) is 0 Å². The highest BCUT2D eigenvalue weighted by Crippen LogP contribution is 2.36. The Bertz CT molecular complexity index is 3550. The van der Waals surface area contributed by atoms with Gasteiger partial charge >= 0.3 is 5.97 Å². The molecule has 0 saturated carbocycles. The molecule has 1 N–H and O–H groups in total. The fraction of sp³-hybridized carbons (Fsp3) is 0.207. The summed E-state index contributed by atoms with van der Waals surface area (Å²) in [4.78, 5) is 40.5. The summed E-state index contributed by atoms with van der Waals surface area (Å²) >= 11 is 0. The van der Waals surface area contributed by atoms with Gasteiger partial charge in [-0.3, -0.25) is 4.79 Å². The summed E-state index contributed by atoms with van der Waals surface area (Å²) in [6, 6.07) is 40.4. The molecule has 0 atom stereocenters. The van der Waals surface area contributed by atoms with Gasteiger partial charge in [-0.25, -0.2) is 23.8 Å². The zero-order chi connectivity index (χ0) is 47.7. The molecule has 12 rings (SSSR count). The number of carbonyl (C=O) groups excluding carboxylic acids is 1. The summed E-state index contributed by atoms with van der Waals surface area (Å²) in [7, 11) is 3.55. The molecule has 0 radical (unpaired) electrons. The van der Waals surface area contributed by atoms with Gasteiger partial charge in [0.2, 0.25) is 0 Å². The Morgan fingerprint density at radius 3 is 1.30 bits per heavy atom. The van der Waals surface area contributed by atoms with Crippen LogP contribution in [0.4, 0.5) is 11.4 Å². The average molecular weight is 924 g/mol. The zero-order valence-corrected chi connectivity index (χ0v) is 39.4. The van der Waals surface area contributed by atoms with E-state index in [0.717, 1.165) is 98.1 Å². The molecular weight excluding hydrogens is 871 g/mol. The van der Waals surface area contributed by atoms with E-state index in [1.54, 1.807) is 35.8 Å². The monoisotopic (exact) mass is 923 g/mol. The van der Waals surface area contributed by atoms with Crippen LogP contribution in [0, 0.1) is 0 Å². The smallest absolute Gasteiger partial charge is 0.336 e. The number of aromatic nitrogens is 6. The third kappa shape index (κ3) is 8.46. The maximum atomic E-state index is 12.7. The van der Waals surface area contributed by atoms with Crippen molar-refractivity contribution in [3.63, 3.8) is 0 Å². The van der Waals surface area contributed by atoms with Gasteiger partial charge in [0.25, 0.3) is 5.91 Å². The second kappa shape index (κ2) is 19.0. The number of carbonyl (C=O) groups is 2. The number of carboxylic acids is 1. The minimum atomic E-state index is -0.934. The number of fused-ring (bicyclic) bond motifs is 4. The molecule has 6 heterocycles. The standard InChI is InChI=1S/C30H29N5O.C28H24N4O2/c1-33(2)30(36)27-15-14-26(24-8-4-5-9-25(24)27)28-19-32-35-20-22(18-31-29(28)35)21-10-12-23(13-11-21)34-16-6-3-7-17-34;33-28(34)25-13-12-24(22-6-2-3-7-23(22)25)26-17-30-32-18-20(16-29-27(26)32)19-8-10-21(11-9-19)31-14-4-1-5-15-31/h4-5,8-15,18-20H,3,6-7,16-17H2,1-2H3;2-3,6-13,16-18H,1,4-5,14-15H2,(H,33,34). The van der Waals surface area contributed by atoms with Crippen molar-refractivity contribution in [2.45, 2.75) is 38.5 Å². The zero-order valence-electron chi connectivity index (χ0n) is 39.4. The summed E-state index contributed by atoms with van der Waals surface area (Å²) in [5.74, 6) is -0.941. The summed E-state index contributed by atoms with van der Waals surface area (Å²) in [6.45, 7) is 4.54. The Morgan fingerprint density at radius 1 is 0.457 bits per heavy atom. The van der Waals surface area contributed by atoms with Crippen LogP contribution < -0.4 is 9.80 Å². The molecule has 0 bridgehead atoms. The molecule has 2 fully saturated rings. The molecule has 0 spiro atoms. The van der Waals surface area contributed by atoms with Crippen LogP contribution in [0.2, 0.25) is 0 Å². The van der Waals surface area contributed by atoms with E-state index in [0.29, 0.717) is 16.5 Å². The molecule has 12 nitrogen and oxygen atoms in total. The van der Waals surface area contributed by atoms with Crippen LogP contribution in [-0.4, -0.2) is 91.4 Å². The summed E-state index contributed by atoms with van der Waals surface area (Å²) in [5.41, 5.74) is 13.1. The van der Waals surface area contributed by atoms with Crippen molar-refractivity contribution in [2.75, 3.05) is 50.1 Å². The Kier molecular flexibility index (Phi) is 12.0. The number of hydrogen-bond acceptors (Lipinski definition) is 8. The SMILES string of the molecule is CN(C)C(=O)c1ccc(-c2cnn3cc(-c4ccc(N5CCCCC5)cc4)cnc23)c2ccccc12.O=C(O)c1ccc(-c2cnn3cc(-c4ccc(N5CCCCC5)cc4)cnc23)c2ccccc12. The van der Waals surface area contributed by atoms with Crippen LogP contribution in [0.1, 0.15) is 59.2 Å². The van der Waals surface area contributed by atoms with Crippen molar-refractivity contribution in [1.82, 2.24) is 34.1 Å². The molecule has 0 aliphatic carbocycles. The van der Waals surface area contributed by atoms with Gasteiger partial charge in [0, 0.05) is 104 Å². The summed E-state index contributed by atoms with van der Waals surface area (Å²) < 4.78 is 3.64. The molecule has 2 saturated heterocycles. The highest BCUT2D eigenvalue weighted by atomic mass is 16.4. The normalized spacial score (nSPS) is 14.0. The van der Waals surface area contributed by atoms with E-state index >= 15 is 0 Å². The second-order valence-electron chi connectivity index (χ2n) is 18.4. The van der Waals surface area contributed by atoms with Crippen LogP contribution in [0.25, 0.3) is 77.3 Å². The number of rotatable bonds is 8. The topological polar surface area (TPSA) is 124 Å². The summed E-state index contributed by atoms with van der Waals surface area (Å²) in [6.07, 6.45) is 19.2. The third-order valence-corrected chi connectivity index (χ3v) is 13.9. The fourth-order valence-electron chi connectivity index (χ4n) is 10.1. The molecule has 348 valence electrons. The average Bonchev–Trinajstić information content (AvgIpc) is 4.05. The van der Waals surface area contributed by atoms with Gasteiger partial charge in [0.1, 0.15) is 0 Å². The lowest BCUT2D eigenvalue weighted by atomic mass is 9.96. The lowest BCUT2D eigenvalue weighted by Gasteiger charge is -2.28. The lowest BCUT2D eigenvalue weighted by Crippen LogP contribution is -2.29. The van der Waals surface area contributed by atoms with E-state index in [1.165, 1.54) is 49.9 Å². The van der Waals surface area contributed by atoms with Gasteiger partial charge in [-0.2, -0.15) is 10.2 Å². The maximum absolute atomic E-state index is 12.7. The van der Waals surface area contributed by atoms with Crippen molar-refractivity contribution in [3.05, 3.63) is 170 Å². The minimum Gasteiger partial charge on any atom is -0.478 e. The van der Waals surface area contributed by atoms with Crippen LogP contribution in [0.15, 0.2) is 159 Å². The number of amides is 1. The lowest BCUT2D eigenvalue weighted by molar-refractivity contribution is 0.0698. The first kappa shape index (κ1) is 44.1. The van der Waals surface area contributed by atoms with E-state index in [1.807, 2.05) is 96.2 Å². The third-order valence-electron chi connectivity index (χ3n) is 13.9. The number of nitrogens with zero attached hydrogens (tertiary/aromatic N) is 9. The van der Waals surface area contributed by atoms with Crippen molar-refractivity contribution < 1.29 is 14.7 Å². The molecule has 12 heteroatoms.